The Balaban J connectivity index is 1.50. The van der Waals surface area contributed by atoms with Gasteiger partial charge in [0.05, 0.1) is 23.5 Å². The van der Waals surface area contributed by atoms with Crippen molar-refractivity contribution in [2.45, 2.75) is 13.1 Å². The number of nitrogens with one attached hydrogen (secondary N) is 1. The summed E-state index contributed by atoms with van der Waals surface area (Å²) in [7, 11) is 0. The van der Waals surface area contributed by atoms with Crippen molar-refractivity contribution in [1.82, 2.24) is 9.78 Å². The molecule has 2 heterocycles. The first-order valence-electron chi connectivity index (χ1n) is 8.73. The lowest BCUT2D eigenvalue weighted by atomic mass is 10.2. The standard InChI is InChI=1S/C20H17Cl2N3O3/c21-15-8-14(9-17-19(15)28-7-6-27-17)10-23-16-11-24-25(20(26)18(16)22)12-13-4-2-1-3-5-13/h1-5,8-9,11,23H,6-7,10,12H2. The Hall–Kier alpha value is -2.70. The molecule has 0 radical (unpaired) electrons. The van der Waals surface area contributed by atoms with Crippen molar-refractivity contribution in [2.24, 2.45) is 0 Å². The molecule has 0 spiro atoms. The average molecular weight is 418 g/mol. The fraction of sp³-hybridized carbons (Fsp3) is 0.200. The molecular formula is C20H17Cl2N3O3. The van der Waals surface area contributed by atoms with E-state index in [1.165, 1.54) is 4.68 Å². The molecule has 2 aromatic carbocycles. The van der Waals surface area contributed by atoms with Gasteiger partial charge in [-0.3, -0.25) is 4.79 Å². The predicted octanol–water partition coefficient (Wildman–Crippen LogP) is 3.98. The van der Waals surface area contributed by atoms with Crippen molar-refractivity contribution >= 4 is 28.9 Å². The van der Waals surface area contributed by atoms with Gasteiger partial charge in [0.2, 0.25) is 0 Å². The predicted molar refractivity (Wildman–Crippen MR) is 109 cm³/mol. The van der Waals surface area contributed by atoms with Gasteiger partial charge >= 0.3 is 0 Å². The third-order valence-corrected chi connectivity index (χ3v) is 4.95. The van der Waals surface area contributed by atoms with Crippen molar-refractivity contribution in [3.63, 3.8) is 0 Å². The minimum atomic E-state index is -0.351. The molecule has 1 N–H and O–H groups in total. The van der Waals surface area contributed by atoms with Crippen LogP contribution in [0, 0.1) is 0 Å². The number of halogens is 2. The first-order chi connectivity index (χ1) is 13.6. The van der Waals surface area contributed by atoms with E-state index in [-0.39, 0.29) is 10.6 Å². The molecular weight excluding hydrogens is 401 g/mol. The highest BCUT2D eigenvalue weighted by atomic mass is 35.5. The molecule has 0 saturated heterocycles. The lowest BCUT2D eigenvalue weighted by Gasteiger charge is -2.20. The lowest BCUT2D eigenvalue weighted by molar-refractivity contribution is 0.171. The van der Waals surface area contributed by atoms with Crippen molar-refractivity contribution in [3.8, 4) is 11.5 Å². The second-order valence-electron chi connectivity index (χ2n) is 6.28. The second kappa shape index (κ2) is 8.12. The van der Waals surface area contributed by atoms with Crippen molar-refractivity contribution < 1.29 is 9.47 Å². The lowest BCUT2D eigenvalue weighted by Crippen LogP contribution is -2.24. The van der Waals surface area contributed by atoms with Gasteiger partial charge in [0.1, 0.15) is 18.2 Å². The van der Waals surface area contributed by atoms with Gasteiger partial charge in [-0.05, 0) is 23.3 Å². The number of fused-ring (bicyclic) bond motifs is 1. The van der Waals surface area contributed by atoms with E-state index in [1.54, 1.807) is 12.3 Å². The highest BCUT2D eigenvalue weighted by Crippen LogP contribution is 2.38. The van der Waals surface area contributed by atoms with Crippen LogP contribution in [0.15, 0.2) is 53.5 Å². The van der Waals surface area contributed by atoms with Gasteiger partial charge in [-0.1, -0.05) is 53.5 Å². The molecule has 6 nitrogen and oxygen atoms in total. The number of hydrogen-bond donors (Lipinski definition) is 1. The Bertz CT molecular complexity index is 1050. The largest absolute Gasteiger partial charge is 0.486 e. The molecule has 0 bridgehead atoms. The zero-order chi connectivity index (χ0) is 19.5. The molecule has 1 aliphatic heterocycles. The summed E-state index contributed by atoms with van der Waals surface area (Å²) in [6.45, 7) is 1.72. The summed E-state index contributed by atoms with van der Waals surface area (Å²) >= 11 is 12.5. The number of hydrogen-bond acceptors (Lipinski definition) is 5. The topological polar surface area (TPSA) is 65.4 Å². The number of ether oxygens (including phenoxy) is 2. The van der Waals surface area contributed by atoms with Crippen molar-refractivity contribution in [2.75, 3.05) is 18.5 Å². The zero-order valence-corrected chi connectivity index (χ0v) is 16.3. The van der Waals surface area contributed by atoms with Gasteiger partial charge in [0.25, 0.3) is 5.56 Å². The van der Waals surface area contributed by atoms with Crippen LogP contribution in [0.3, 0.4) is 0 Å². The molecule has 0 atom stereocenters. The van der Waals surface area contributed by atoms with E-state index in [0.717, 1.165) is 11.1 Å². The monoisotopic (exact) mass is 417 g/mol. The normalized spacial score (nSPS) is 12.6. The Morgan fingerprint density at radius 2 is 1.86 bits per heavy atom. The summed E-state index contributed by atoms with van der Waals surface area (Å²) in [4.78, 5) is 12.5. The van der Waals surface area contributed by atoms with Crippen LogP contribution in [-0.4, -0.2) is 23.0 Å². The van der Waals surface area contributed by atoms with Crippen LogP contribution in [0.1, 0.15) is 11.1 Å². The van der Waals surface area contributed by atoms with Crippen LogP contribution in [0.25, 0.3) is 0 Å². The minimum Gasteiger partial charge on any atom is -0.486 e. The first kappa shape index (κ1) is 18.7. The Morgan fingerprint density at radius 1 is 1.07 bits per heavy atom. The summed E-state index contributed by atoms with van der Waals surface area (Å²) in [5, 5.41) is 7.93. The van der Waals surface area contributed by atoms with Gasteiger partial charge in [0.15, 0.2) is 11.5 Å². The summed E-state index contributed by atoms with van der Waals surface area (Å²) < 4.78 is 12.4. The molecule has 0 amide bonds. The van der Waals surface area contributed by atoms with Crippen LogP contribution >= 0.6 is 23.2 Å². The van der Waals surface area contributed by atoms with Gasteiger partial charge in [-0.15, -0.1) is 0 Å². The molecule has 0 unspecified atom stereocenters. The first-order valence-corrected chi connectivity index (χ1v) is 9.49. The molecule has 3 aromatic rings. The maximum absolute atomic E-state index is 12.5. The third kappa shape index (κ3) is 3.93. The molecule has 8 heteroatoms. The highest BCUT2D eigenvalue weighted by Gasteiger charge is 2.17. The molecule has 0 saturated carbocycles. The number of aromatic nitrogens is 2. The summed E-state index contributed by atoms with van der Waals surface area (Å²) in [5.74, 6) is 1.16. The van der Waals surface area contributed by atoms with E-state index in [1.807, 2.05) is 36.4 Å². The molecule has 1 aromatic heterocycles. The number of nitrogens with zero attached hydrogens (tertiary/aromatic N) is 2. The van der Waals surface area contributed by atoms with Crippen LogP contribution in [0.2, 0.25) is 10.0 Å². The number of benzene rings is 2. The fourth-order valence-corrected chi connectivity index (χ4v) is 3.42. The molecule has 0 fully saturated rings. The molecule has 4 rings (SSSR count). The van der Waals surface area contributed by atoms with E-state index < -0.39 is 0 Å². The quantitative estimate of drug-likeness (QED) is 0.679. The van der Waals surface area contributed by atoms with Crippen LogP contribution in [-0.2, 0) is 13.1 Å². The van der Waals surface area contributed by atoms with Gasteiger partial charge in [0, 0.05) is 6.54 Å². The van der Waals surface area contributed by atoms with E-state index >= 15 is 0 Å². The van der Waals surface area contributed by atoms with Crippen LogP contribution in [0.5, 0.6) is 11.5 Å². The van der Waals surface area contributed by atoms with Crippen LogP contribution in [0.4, 0.5) is 5.69 Å². The summed E-state index contributed by atoms with van der Waals surface area (Å²) in [6, 6.07) is 13.3. The highest BCUT2D eigenvalue weighted by molar-refractivity contribution is 6.33. The summed E-state index contributed by atoms with van der Waals surface area (Å²) in [5.41, 5.74) is 1.95. The van der Waals surface area contributed by atoms with Crippen LogP contribution < -0.4 is 20.3 Å². The second-order valence-corrected chi connectivity index (χ2v) is 7.06. The number of anilines is 1. The van der Waals surface area contributed by atoms with E-state index in [2.05, 4.69) is 10.4 Å². The van der Waals surface area contributed by atoms with E-state index in [9.17, 15) is 4.79 Å². The Morgan fingerprint density at radius 3 is 2.68 bits per heavy atom. The maximum Gasteiger partial charge on any atom is 0.287 e. The molecule has 28 heavy (non-hydrogen) atoms. The molecule has 0 aliphatic carbocycles. The van der Waals surface area contributed by atoms with Gasteiger partial charge in [-0.2, -0.15) is 5.10 Å². The Kier molecular flexibility index (Phi) is 5.41. The third-order valence-electron chi connectivity index (χ3n) is 4.30. The van der Waals surface area contributed by atoms with Gasteiger partial charge in [-0.25, -0.2) is 4.68 Å². The average Bonchev–Trinajstić information content (AvgIpc) is 2.72. The zero-order valence-electron chi connectivity index (χ0n) is 14.8. The van der Waals surface area contributed by atoms with E-state index in [0.29, 0.717) is 48.5 Å². The van der Waals surface area contributed by atoms with Crippen molar-refractivity contribution in [1.29, 1.82) is 0 Å². The Labute approximate surface area is 171 Å². The summed E-state index contributed by atoms with van der Waals surface area (Å²) in [6.07, 6.45) is 1.55. The fourth-order valence-electron chi connectivity index (χ4n) is 2.92. The molecule has 1 aliphatic rings. The van der Waals surface area contributed by atoms with Gasteiger partial charge < -0.3 is 14.8 Å². The van der Waals surface area contributed by atoms with Crippen molar-refractivity contribution in [3.05, 3.63) is 80.2 Å². The minimum absolute atomic E-state index is 0.0922. The maximum atomic E-state index is 12.5. The smallest absolute Gasteiger partial charge is 0.287 e. The number of rotatable bonds is 5. The SMILES string of the molecule is O=c1c(Cl)c(NCc2cc(Cl)c3c(c2)OCCO3)cnn1Cc1ccccc1. The molecule has 144 valence electrons. The van der Waals surface area contributed by atoms with E-state index in [4.69, 9.17) is 32.7 Å².